The van der Waals surface area contributed by atoms with Crippen LogP contribution in [0.5, 0.6) is 0 Å². The summed E-state index contributed by atoms with van der Waals surface area (Å²) in [5.41, 5.74) is 8.58. The molecule has 0 radical (unpaired) electrons. The number of nitrogens with two attached hydrogens (primary N) is 1. The Morgan fingerprint density at radius 2 is 1.56 bits per heavy atom. The van der Waals surface area contributed by atoms with Crippen molar-refractivity contribution >= 4 is 22.7 Å². The zero-order valence-corrected chi connectivity index (χ0v) is 19.3. The molecule has 7 rings (SSSR count). The Hall–Kier alpha value is -3.12. The van der Waals surface area contributed by atoms with Crippen molar-refractivity contribution in [2.75, 3.05) is 6.54 Å². The molecule has 3 aromatic rings. The first-order valence-electron chi connectivity index (χ1n) is 12.4. The third kappa shape index (κ3) is 3.80. The van der Waals surface area contributed by atoms with E-state index in [1.807, 2.05) is 30.5 Å². The molecule has 0 saturated heterocycles. The third-order valence-electron chi connectivity index (χ3n) is 8.49. The minimum atomic E-state index is -0.434. The Balaban J connectivity index is 1.13. The molecule has 1 aromatic heterocycles. The first kappa shape index (κ1) is 21.4. The van der Waals surface area contributed by atoms with Gasteiger partial charge in [-0.3, -0.25) is 14.8 Å². The molecule has 6 heteroatoms. The van der Waals surface area contributed by atoms with Crippen LogP contribution >= 0.6 is 0 Å². The second kappa shape index (κ2) is 7.98. The number of hydroxylamine groups is 2. The summed E-state index contributed by atoms with van der Waals surface area (Å²) < 4.78 is 2.10. The second-order valence-corrected chi connectivity index (χ2v) is 11.1. The highest BCUT2D eigenvalue weighted by Crippen LogP contribution is 2.60. The summed E-state index contributed by atoms with van der Waals surface area (Å²) in [7, 11) is 0. The number of aromatic nitrogens is 1. The number of carbonyl (C=O) groups is 2. The van der Waals surface area contributed by atoms with Crippen LogP contribution in [0, 0.1) is 23.2 Å². The molecule has 0 unspecified atom stereocenters. The van der Waals surface area contributed by atoms with Crippen molar-refractivity contribution in [1.82, 2.24) is 9.63 Å². The molecule has 3 N–H and O–H groups in total. The summed E-state index contributed by atoms with van der Waals surface area (Å²) in [5.74, 6) is 1.63. The molecule has 4 aliphatic carbocycles. The van der Waals surface area contributed by atoms with Crippen LogP contribution in [0.25, 0.3) is 10.9 Å². The van der Waals surface area contributed by atoms with Gasteiger partial charge in [-0.1, -0.05) is 12.1 Å². The number of benzene rings is 2. The maximum absolute atomic E-state index is 13.0. The zero-order chi connectivity index (χ0) is 23.4. The van der Waals surface area contributed by atoms with Crippen LogP contribution < -0.4 is 5.73 Å². The van der Waals surface area contributed by atoms with Crippen molar-refractivity contribution in [3.05, 3.63) is 71.4 Å². The van der Waals surface area contributed by atoms with Gasteiger partial charge in [-0.05, 0) is 104 Å². The Kier molecular flexibility index (Phi) is 5.03. The molecule has 176 valence electrons. The highest BCUT2D eigenvalue weighted by molar-refractivity contribution is 5.97. The van der Waals surface area contributed by atoms with Gasteiger partial charge in [0, 0.05) is 34.8 Å². The first-order valence-corrected chi connectivity index (χ1v) is 12.4. The standard InChI is InChI=1S/C28H31N3O3/c29-26(32)24-5-6-25-23(12-24)7-8-30(25)16-18-1-3-22(4-2-18)27(33)31(34)17-28-13-19-9-20(14-28)11-21(10-19)15-28/h1-8,12,19-21,34H,9-11,13-17H2,(H2,29,32). The van der Waals surface area contributed by atoms with Crippen LogP contribution in [0.1, 0.15) is 64.8 Å². The topological polar surface area (TPSA) is 88.6 Å². The largest absolute Gasteiger partial charge is 0.366 e. The van der Waals surface area contributed by atoms with Crippen molar-refractivity contribution in [2.24, 2.45) is 28.9 Å². The number of hydrogen-bond donors (Lipinski definition) is 2. The van der Waals surface area contributed by atoms with Crippen molar-refractivity contribution in [3.8, 4) is 0 Å². The lowest BCUT2D eigenvalue weighted by Crippen LogP contribution is -2.51. The van der Waals surface area contributed by atoms with E-state index < -0.39 is 5.91 Å². The van der Waals surface area contributed by atoms with E-state index in [4.69, 9.17) is 5.73 Å². The first-order chi connectivity index (χ1) is 16.4. The zero-order valence-electron chi connectivity index (χ0n) is 19.3. The third-order valence-corrected chi connectivity index (χ3v) is 8.49. The van der Waals surface area contributed by atoms with E-state index in [1.165, 1.54) is 19.3 Å². The molecule has 4 fully saturated rings. The van der Waals surface area contributed by atoms with Crippen LogP contribution in [0.3, 0.4) is 0 Å². The number of hydrogen-bond acceptors (Lipinski definition) is 3. The van der Waals surface area contributed by atoms with Crippen LogP contribution in [0.2, 0.25) is 0 Å². The van der Waals surface area contributed by atoms with Crippen LogP contribution in [-0.2, 0) is 6.54 Å². The average Bonchev–Trinajstić information content (AvgIpc) is 3.20. The minimum Gasteiger partial charge on any atom is -0.366 e. The maximum atomic E-state index is 13.0. The van der Waals surface area contributed by atoms with Gasteiger partial charge >= 0.3 is 0 Å². The highest BCUT2D eigenvalue weighted by atomic mass is 16.5. The summed E-state index contributed by atoms with van der Waals surface area (Å²) in [6.45, 7) is 1.10. The Morgan fingerprint density at radius 1 is 0.941 bits per heavy atom. The van der Waals surface area contributed by atoms with Gasteiger partial charge in [-0.2, -0.15) is 0 Å². The summed E-state index contributed by atoms with van der Waals surface area (Å²) >= 11 is 0. The molecule has 6 nitrogen and oxygen atoms in total. The van der Waals surface area contributed by atoms with Gasteiger partial charge in [0.05, 0.1) is 6.54 Å². The molecular weight excluding hydrogens is 426 g/mol. The average molecular weight is 458 g/mol. The van der Waals surface area contributed by atoms with Crippen LogP contribution in [-0.4, -0.2) is 33.2 Å². The molecule has 2 amide bonds. The lowest BCUT2D eigenvalue weighted by atomic mass is 9.49. The number of rotatable bonds is 6. The van der Waals surface area contributed by atoms with E-state index in [2.05, 4.69) is 4.57 Å². The number of nitrogens with zero attached hydrogens (tertiary/aromatic N) is 2. The van der Waals surface area contributed by atoms with Gasteiger partial charge in [-0.15, -0.1) is 0 Å². The molecule has 34 heavy (non-hydrogen) atoms. The van der Waals surface area contributed by atoms with Gasteiger partial charge in [0.2, 0.25) is 5.91 Å². The van der Waals surface area contributed by atoms with Crippen molar-refractivity contribution in [1.29, 1.82) is 0 Å². The minimum absolute atomic E-state index is 0.114. The van der Waals surface area contributed by atoms with E-state index >= 15 is 0 Å². The number of primary amides is 1. The smallest absolute Gasteiger partial charge is 0.277 e. The van der Waals surface area contributed by atoms with Crippen molar-refractivity contribution in [2.45, 2.75) is 45.1 Å². The number of fused-ring (bicyclic) bond motifs is 1. The molecular formula is C28H31N3O3. The molecule has 0 atom stereocenters. The summed E-state index contributed by atoms with van der Waals surface area (Å²) in [5, 5.41) is 12.7. The molecule has 1 heterocycles. The van der Waals surface area contributed by atoms with Gasteiger partial charge in [0.15, 0.2) is 0 Å². The fraction of sp³-hybridized carbons (Fsp3) is 0.429. The second-order valence-electron chi connectivity index (χ2n) is 11.1. The van der Waals surface area contributed by atoms with E-state index in [0.717, 1.165) is 58.5 Å². The van der Waals surface area contributed by atoms with Crippen molar-refractivity contribution in [3.63, 3.8) is 0 Å². The Labute approximate surface area is 199 Å². The molecule has 2 aromatic carbocycles. The monoisotopic (exact) mass is 457 g/mol. The van der Waals surface area contributed by atoms with E-state index in [1.54, 1.807) is 24.3 Å². The van der Waals surface area contributed by atoms with E-state index in [0.29, 0.717) is 24.2 Å². The molecule has 4 saturated carbocycles. The van der Waals surface area contributed by atoms with Crippen molar-refractivity contribution < 1.29 is 14.8 Å². The van der Waals surface area contributed by atoms with Gasteiger partial charge in [-0.25, -0.2) is 5.06 Å². The Morgan fingerprint density at radius 3 is 2.18 bits per heavy atom. The summed E-state index contributed by atoms with van der Waals surface area (Å²) in [6, 6.07) is 14.9. The normalized spacial score (nSPS) is 27.3. The quantitative estimate of drug-likeness (QED) is 0.410. The lowest BCUT2D eigenvalue weighted by molar-refractivity contribution is -0.129. The van der Waals surface area contributed by atoms with Crippen LogP contribution in [0.4, 0.5) is 0 Å². The molecule has 4 aliphatic rings. The van der Waals surface area contributed by atoms with Crippen LogP contribution in [0.15, 0.2) is 54.7 Å². The summed E-state index contributed by atoms with van der Waals surface area (Å²) in [4.78, 5) is 24.4. The fourth-order valence-electron chi connectivity index (χ4n) is 7.46. The van der Waals surface area contributed by atoms with E-state index in [9.17, 15) is 14.8 Å². The molecule has 4 bridgehead atoms. The predicted molar refractivity (Wildman–Crippen MR) is 129 cm³/mol. The Bertz CT molecular complexity index is 1220. The maximum Gasteiger partial charge on any atom is 0.277 e. The summed E-state index contributed by atoms with van der Waals surface area (Å²) in [6.07, 6.45) is 9.51. The van der Waals surface area contributed by atoms with Gasteiger partial charge in [0.25, 0.3) is 5.91 Å². The number of amides is 2. The van der Waals surface area contributed by atoms with E-state index in [-0.39, 0.29) is 11.3 Å². The lowest BCUT2D eigenvalue weighted by Gasteiger charge is -2.57. The number of carbonyl (C=O) groups excluding carboxylic acids is 2. The SMILES string of the molecule is NC(=O)c1ccc2c(ccn2Cc2ccc(C(=O)N(O)CC34CC5CC(CC(C5)C3)C4)cc2)c1. The molecule has 0 spiro atoms. The predicted octanol–water partition coefficient (Wildman–Crippen LogP) is 4.84. The molecule has 0 aliphatic heterocycles. The fourth-order valence-corrected chi connectivity index (χ4v) is 7.46. The van der Waals surface area contributed by atoms with Gasteiger partial charge < -0.3 is 10.3 Å². The van der Waals surface area contributed by atoms with Gasteiger partial charge in [0.1, 0.15) is 0 Å². The highest BCUT2D eigenvalue weighted by Gasteiger charge is 2.51.